The molecule has 0 aliphatic carbocycles. The summed E-state index contributed by atoms with van der Waals surface area (Å²) in [5, 5.41) is 0. The fraction of sp³-hybridized carbons (Fsp3) is 0.375. The fourth-order valence-electron chi connectivity index (χ4n) is 2.51. The third-order valence-corrected chi connectivity index (χ3v) is 4.23. The molecule has 1 saturated heterocycles. The van der Waals surface area contributed by atoms with Gasteiger partial charge in [0.1, 0.15) is 5.75 Å². The van der Waals surface area contributed by atoms with Gasteiger partial charge in [0.05, 0.1) is 13.0 Å². The van der Waals surface area contributed by atoms with Crippen LogP contribution in [0.25, 0.3) is 6.08 Å². The number of ether oxygens (including phenoxy) is 1. The minimum atomic E-state index is -0.338. The van der Waals surface area contributed by atoms with Crippen LogP contribution in [0.4, 0.5) is 0 Å². The Morgan fingerprint density at radius 2 is 2.23 bits per heavy atom. The van der Waals surface area contributed by atoms with Crippen molar-refractivity contribution in [2.24, 2.45) is 11.7 Å². The summed E-state index contributed by atoms with van der Waals surface area (Å²) in [6, 6.07) is 5.59. The Balaban J connectivity index is 2.08. The van der Waals surface area contributed by atoms with E-state index in [4.69, 9.17) is 10.5 Å². The van der Waals surface area contributed by atoms with Crippen LogP contribution < -0.4 is 10.5 Å². The molecule has 1 heterocycles. The average Bonchev–Trinajstić information content (AvgIpc) is 2.52. The minimum absolute atomic E-state index is 0.118. The number of amides is 2. The van der Waals surface area contributed by atoms with Crippen molar-refractivity contribution in [3.63, 3.8) is 0 Å². The van der Waals surface area contributed by atoms with Crippen molar-refractivity contribution >= 4 is 33.8 Å². The predicted octanol–water partition coefficient (Wildman–Crippen LogP) is 2.19. The summed E-state index contributed by atoms with van der Waals surface area (Å²) in [5.74, 6) is -0.00414. The highest BCUT2D eigenvalue weighted by atomic mass is 79.9. The molecule has 0 aromatic heterocycles. The molecule has 1 aliphatic heterocycles. The number of halogens is 1. The molecule has 5 nitrogen and oxygen atoms in total. The Labute approximate surface area is 138 Å². The molecule has 0 bridgehead atoms. The molecule has 6 heteroatoms. The molecular weight excluding hydrogens is 348 g/mol. The van der Waals surface area contributed by atoms with Crippen molar-refractivity contribution in [2.45, 2.75) is 12.8 Å². The van der Waals surface area contributed by atoms with Crippen LogP contribution in [0, 0.1) is 5.92 Å². The van der Waals surface area contributed by atoms with Gasteiger partial charge >= 0.3 is 0 Å². The number of methoxy groups -OCH3 is 1. The molecule has 1 fully saturated rings. The number of hydrogen-bond donors (Lipinski definition) is 1. The van der Waals surface area contributed by atoms with Crippen LogP contribution in [-0.2, 0) is 9.59 Å². The molecular formula is C16H19BrN2O3. The lowest BCUT2D eigenvalue weighted by atomic mass is 9.97. The van der Waals surface area contributed by atoms with Crippen LogP contribution in [0.1, 0.15) is 18.4 Å². The number of carbonyl (C=O) groups excluding carboxylic acids is 2. The van der Waals surface area contributed by atoms with Gasteiger partial charge < -0.3 is 15.4 Å². The number of nitrogens with zero attached hydrogens (tertiary/aromatic N) is 1. The van der Waals surface area contributed by atoms with Crippen molar-refractivity contribution in [1.82, 2.24) is 4.90 Å². The first kappa shape index (κ1) is 16.5. The summed E-state index contributed by atoms with van der Waals surface area (Å²) in [5.41, 5.74) is 6.15. The standard InChI is InChI=1S/C16H19BrN2O3/c1-22-14-6-5-13(17)9-11(14)4-7-15(20)19-8-2-3-12(10-19)16(18)21/h4-7,9,12H,2-3,8,10H2,1H3,(H2,18,21)/b7-4+. The van der Waals surface area contributed by atoms with Crippen LogP contribution in [0.5, 0.6) is 5.75 Å². The number of likely N-dealkylation sites (tertiary alicyclic amines) is 1. The maximum atomic E-state index is 12.3. The average molecular weight is 367 g/mol. The van der Waals surface area contributed by atoms with E-state index in [1.807, 2.05) is 18.2 Å². The molecule has 2 N–H and O–H groups in total. The van der Waals surface area contributed by atoms with E-state index in [1.165, 1.54) is 6.08 Å². The van der Waals surface area contributed by atoms with Gasteiger partial charge in [0, 0.05) is 29.2 Å². The van der Waals surface area contributed by atoms with Crippen LogP contribution in [0.15, 0.2) is 28.7 Å². The second-order valence-electron chi connectivity index (χ2n) is 5.25. The first-order chi connectivity index (χ1) is 10.5. The van der Waals surface area contributed by atoms with Gasteiger partial charge in [-0.25, -0.2) is 0 Å². The Kier molecular flexibility index (Phi) is 5.60. The van der Waals surface area contributed by atoms with Crippen LogP contribution in [0.3, 0.4) is 0 Å². The Morgan fingerprint density at radius 1 is 1.45 bits per heavy atom. The van der Waals surface area contributed by atoms with Gasteiger partial charge in [-0.15, -0.1) is 0 Å². The minimum Gasteiger partial charge on any atom is -0.496 e. The molecule has 0 radical (unpaired) electrons. The topological polar surface area (TPSA) is 72.6 Å². The van der Waals surface area contributed by atoms with Gasteiger partial charge in [0.2, 0.25) is 11.8 Å². The first-order valence-electron chi connectivity index (χ1n) is 7.11. The Morgan fingerprint density at radius 3 is 2.91 bits per heavy atom. The Hall–Kier alpha value is -1.82. The van der Waals surface area contributed by atoms with Gasteiger partial charge in [-0.1, -0.05) is 15.9 Å². The fourth-order valence-corrected chi connectivity index (χ4v) is 2.89. The van der Waals surface area contributed by atoms with Crippen molar-refractivity contribution < 1.29 is 14.3 Å². The predicted molar refractivity (Wildman–Crippen MR) is 88.2 cm³/mol. The number of benzene rings is 1. The van der Waals surface area contributed by atoms with Crippen molar-refractivity contribution in [3.8, 4) is 5.75 Å². The maximum Gasteiger partial charge on any atom is 0.246 e. The van der Waals surface area contributed by atoms with Gasteiger partial charge in [-0.3, -0.25) is 9.59 Å². The maximum absolute atomic E-state index is 12.3. The molecule has 0 saturated carbocycles. The number of carbonyl (C=O) groups is 2. The zero-order valence-corrected chi connectivity index (χ0v) is 14.0. The monoisotopic (exact) mass is 366 g/mol. The summed E-state index contributed by atoms with van der Waals surface area (Å²) in [7, 11) is 1.59. The molecule has 0 spiro atoms. The van der Waals surface area contributed by atoms with Gasteiger partial charge in [-0.05, 0) is 37.1 Å². The van der Waals surface area contributed by atoms with Crippen LogP contribution >= 0.6 is 15.9 Å². The summed E-state index contributed by atoms with van der Waals surface area (Å²) in [6.07, 6.45) is 4.78. The molecule has 1 aromatic carbocycles. The molecule has 1 aliphatic rings. The van der Waals surface area contributed by atoms with Gasteiger partial charge in [0.15, 0.2) is 0 Å². The number of hydrogen-bond acceptors (Lipinski definition) is 3. The van der Waals surface area contributed by atoms with Crippen molar-refractivity contribution in [3.05, 3.63) is 34.3 Å². The lowest BCUT2D eigenvalue weighted by molar-refractivity contribution is -0.130. The van der Waals surface area contributed by atoms with E-state index in [9.17, 15) is 9.59 Å². The highest BCUT2D eigenvalue weighted by Crippen LogP contribution is 2.24. The lowest BCUT2D eigenvalue weighted by Gasteiger charge is -2.30. The smallest absolute Gasteiger partial charge is 0.246 e. The number of piperidine rings is 1. The van der Waals surface area contributed by atoms with E-state index < -0.39 is 0 Å². The number of primary amides is 1. The van der Waals surface area contributed by atoms with Gasteiger partial charge in [0.25, 0.3) is 0 Å². The lowest BCUT2D eigenvalue weighted by Crippen LogP contribution is -2.43. The summed E-state index contributed by atoms with van der Waals surface area (Å²) in [6.45, 7) is 1.05. The quantitative estimate of drug-likeness (QED) is 0.830. The largest absolute Gasteiger partial charge is 0.496 e. The van der Waals surface area contributed by atoms with E-state index >= 15 is 0 Å². The molecule has 1 unspecified atom stereocenters. The third-order valence-electron chi connectivity index (χ3n) is 3.73. The van der Waals surface area contributed by atoms with E-state index in [1.54, 1.807) is 18.1 Å². The Bertz CT molecular complexity index is 601. The summed E-state index contributed by atoms with van der Waals surface area (Å²) < 4.78 is 6.18. The number of nitrogens with two attached hydrogens (primary N) is 1. The van der Waals surface area contributed by atoms with Crippen LogP contribution in [-0.4, -0.2) is 36.9 Å². The second-order valence-corrected chi connectivity index (χ2v) is 6.16. The van der Waals surface area contributed by atoms with Crippen molar-refractivity contribution in [1.29, 1.82) is 0 Å². The molecule has 1 atom stereocenters. The highest BCUT2D eigenvalue weighted by molar-refractivity contribution is 9.10. The zero-order chi connectivity index (χ0) is 16.1. The third kappa shape index (κ3) is 4.10. The molecule has 22 heavy (non-hydrogen) atoms. The van der Waals surface area contributed by atoms with E-state index in [0.29, 0.717) is 18.8 Å². The normalized spacial score (nSPS) is 18.5. The van der Waals surface area contributed by atoms with E-state index in [2.05, 4.69) is 15.9 Å². The van der Waals surface area contributed by atoms with E-state index in [-0.39, 0.29) is 17.7 Å². The molecule has 1 aromatic rings. The van der Waals surface area contributed by atoms with Gasteiger partial charge in [-0.2, -0.15) is 0 Å². The molecule has 118 valence electrons. The summed E-state index contributed by atoms with van der Waals surface area (Å²) in [4.78, 5) is 25.2. The first-order valence-corrected chi connectivity index (χ1v) is 7.90. The second kappa shape index (κ2) is 7.45. The number of rotatable bonds is 4. The molecule has 2 rings (SSSR count). The van der Waals surface area contributed by atoms with Crippen LogP contribution in [0.2, 0.25) is 0 Å². The SMILES string of the molecule is COc1ccc(Br)cc1/C=C/C(=O)N1CCCC(C(N)=O)C1. The zero-order valence-electron chi connectivity index (χ0n) is 12.4. The molecule has 2 amide bonds. The highest BCUT2D eigenvalue weighted by Gasteiger charge is 2.25. The summed E-state index contributed by atoms with van der Waals surface area (Å²) >= 11 is 3.40. The van der Waals surface area contributed by atoms with Crippen molar-refractivity contribution in [2.75, 3.05) is 20.2 Å². The van der Waals surface area contributed by atoms with E-state index in [0.717, 1.165) is 22.9 Å².